The van der Waals surface area contributed by atoms with Gasteiger partial charge in [0.2, 0.25) is 0 Å². The van der Waals surface area contributed by atoms with E-state index in [2.05, 4.69) is 6.92 Å². The van der Waals surface area contributed by atoms with Crippen molar-refractivity contribution in [1.29, 1.82) is 0 Å². The number of hydrogen-bond donors (Lipinski definition) is 0. The van der Waals surface area contributed by atoms with Crippen molar-refractivity contribution in [3.63, 3.8) is 0 Å². The van der Waals surface area contributed by atoms with Crippen LogP contribution in [0, 0.1) is 17.8 Å². The Morgan fingerprint density at radius 3 is 2.13 bits per heavy atom. The number of hydrogen-bond acceptors (Lipinski definition) is 0. The molecule has 1 saturated carbocycles. The van der Waals surface area contributed by atoms with Gasteiger partial charge in [0.1, 0.15) is 0 Å². The van der Waals surface area contributed by atoms with Crippen LogP contribution in [-0.4, -0.2) is 6.18 Å². The van der Waals surface area contributed by atoms with Crippen molar-refractivity contribution in [3.05, 3.63) is 0 Å². The summed E-state index contributed by atoms with van der Waals surface area (Å²) in [6.07, 6.45) is 0.414. The quantitative estimate of drug-likeness (QED) is 0.606. The third kappa shape index (κ3) is 6.06. The summed E-state index contributed by atoms with van der Waals surface area (Å²) in [4.78, 5) is 0. The van der Waals surface area contributed by atoms with Gasteiger partial charge in [0, 0.05) is 6.42 Å². The molecule has 90 valence electrons. The molecule has 0 nitrogen and oxygen atoms in total. The molecule has 1 aliphatic rings. The first-order valence-electron chi connectivity index (χ1n) is 5.95. The van der Waals surface area contributed by atoms with Crippen molar-refractivity contribution in [2.24, 2.45) is 17.8 Å². The molecule has 0 aliphatic heterocycles. The van der Waals surface area contributed by atoms with Gasteiger partial charge in [-0.2, -0.15) is 13.2 Å². The summed E-state index contributed by atoms with van der Waals surface area (Å²) >= 11 is 0. The van der Waals surface area contributed by atoms with Gasteiger partial charge in [-0.25, -0.2) is 0 Å². The van der Waals surface area contributed by atoms with Gasteiger partial charge in [0.25, 0.3) is 0 Å². The molecule has 0 heterocycles. The van der Waals surface area contributed by atoms with Gasteiger partial charge < -0.3 is 0 Å². The Hall–Kier alpha value is -0.210. The second-order valence-corrected chi connectivity index (χ2v) is 5.15. The van der Waals surface area contributed by atoms with Crippen molar-refractivity contribution >= 4 is 0 Å². The molecule has 0 N–H and O–H groups in total. The van der Waals surface area contributed by atoms with E-state index in [1.54, 1.807) is 0 Å². The Bertz CT molecular complexity index is 182. The van der Waals surface area contributed by atoms with E-state index in [-0.39, 0.29) is 5.92 Å². The molecule has 0 aromatic carbocycles. The highest BCUT2D eigenvalue weighted by Gasteiger charge is 2.29. The van der Waals surface area contributed by atoms with Gasteiger partial charge in [0.15, 0.2) is 0 Å². The van der Waals surface area contributed by atoms with E-state index in [4.69, 9.17) is 0 Å². The maximum Gasteiger partial charge on any atom is 0.389 e. The Labute approximate surface area is 90.2 Å². The topological polar surface area (TPSA) is 0 Å². The first-order chi connectivity index (χ1) is 6.88. The van der Waals surface area contributed by atoms with E-state index in [0.29, 0.717) is 6.42 Å². The van der Waals surface area contributed by atoms with Gasteiger partial charge in [-0.15, -0.1) is 0 Å². The Morgan fingerprint density at radius 1 is 1.07 bits per heavy atom. The van der Waals surface area contributed by atoms with Crippen molar-refractivity contribution in [2.45, 2.75) is 58.5 Å². The van der Waals surface area contributed by atoms with Crippen molar-refractivity contribution in [2.75, 3.05) is 0 Å². The predicted molar refractivity (Wildman–Crippen MR) is 55.6 cm³/mol. The molecule has 1 fully saturated rings. The second-order valence-electron chi connectivity index (χ2n) is 5.15. The van der Waals surface area contributed by atoms with Crippen molar-refractivity contribution < 1.29 is 13.2 Å². The summed E-state index contributed by atoms with van der Waals surface area (Å²) in [5.41, 5.74) is 0. The number of halogens is 3. The first kappa shape index (κ1) is 12.9. The summed E-state index contributed by atoms with van der Waals surface area (Å²) in [7, 11) is 0. The molecule has 1 aliphatic carbocycles. The smallest absolute Gasteiger partial charge is 0.171 e. The molecular weight excluding hydrogens is 201 g/mol. The van der Waals surface area contributed by atoms with Crippen LogP contribution in [0.1, 0.15) is 52.4 Å². The lowest BCUT2D eigenvalue weighted by Gasteiger charge is -2.15. The fourth-order valence-corrected chi connectivity index (χ4v) is 2.00. The Balaban J connectivity index is 2.04. The van der Waals surface area contributed by atoms with Gasteiger partial charge in [-0.1, -0.05) is 26.7 Å². The van der Waals surface area contributed by atoms with Crippen LogP contribution < -0.4 is 0 Å². The highest BCUT2D eigenvalue weighted by atomic mass is 19.4. The molecule has 0 amide bonds. The highest BCUT2D eigenvalue weighted by Crippen LogP contribution is 2.39. The average Bonchev–Trinajstić information content (AvgIpc) is 2.92. The second kappa shape index (κ2) is 5.22. The third-order valence-corrected chi connectivity index (χ3v) is 3.46. The molecule has 0 bridgehead atoms. The monoisotopic (exact) mass is 222 g/mol. The van der Waals surface area contributed by atoms with Crippen LogP contribution in [-0.2, 0) is 0 Å². The lowest BCUT2D eigenvalue weighted by molar-refractivity contribution is -0.137. The minimum Gasteiger partial charge on any atom is -0.171 e. The van der Waals surface area contributed by atoms with Crippen LogP contribution in [0.15, 0.2) is 0 Å². The molecule has 3 heteroatoms. The van der Waals surface area contributed by atoms with Crippen LogP contribution in [0.4, 0.5) is 13.2 Å². The molecule has 0 saturated heterocycles. The van der Waals surface area contributed by atoms with E-state index in [1.807, 2.05) is 6.92 Å². The molecule has 2 atom stereocenters. The minimum atomic E-state index is -3.98. The molecule has 1 rings (SSSR count). The maximum atomic E-state index is 12.0. The normalized spacial score (nSPS) is 21.4. The standard InChI is InChI=1S/C12H21F3/c1-9(7-8-12(13,14)15)3-4-10(2)11-5-6-11/h9-11H,3-8H2,1-2H3. The lowest BCUT2D eigenvalue weighted by Crippen LogP contribution is -2.10. The Kier molecular flexibility index (Phi) is 4.47. The van der Waals surface area contributed by atoms with Crippen LogP contribution in [0.5, 0.6) is 0 Å². The average molecular weight is 222 g/mol. The van der Waals surface area contributed by atoms with E-state index >= 15 is 0 Å². The summed E-state index contributed by atoms with van der Waals surface area (Å²) in [6, 6.07) is 0. The molecule has 0 aromatic heterocycles. The summed E-state index contributed by atoms with van der Waals surface area (Å²) in [5.74, 6) is 1.81. The zero-order chi connectivity index (χ0) is 11.5. The predicted octanol–water partition coefficient (Wildman–Crippen LogP) is 4.79. The molecule has 0 spiro atoms. The van der Waals surface area contributed by atoms with Gasteiger partial charge in [-0.05, 0) is 37.0 Å². The largest absolute Gasteiger partial charge is 0.389 e. The van der Waals surface area contributed by atoms with Crippen molar-refractivity contribution in [3.8, 4) is 0 Å². The first-order valence-corrected chi connectivity index (χ1v) is 5.95. The SMILES string of the molecule is CC(CCC(C)C1CC1)CCC(F)(F)F. The summed E-state index contributed by atoms with van der Waals surface area (Å²) < 4.78 is 35.9. The van der Waals surface area contributed by atoms with Gasteiger partial charge >= 0.3 is 6.18 Å². The molecule has 0 aromatic rings. The van der Waals surface area contributed by atoms with Gasteiger partial charge in [0.05, 0.1) is 0 Å². The minimum absolute atomic E-state index is 0.216. The number of rotatable bonds is 6. The third-order valence-electron chi connectivity index (χ3n) is 3.46. The van der Waals surface area contributed by atoms with Crippen LogP contribution >= 0.6 is 0 Å². The van der Waals surface area contributed by atoms with E-state index in [0.717, 1.165) is 24.7 Å². The highest BCUT2D eigenvalue weighted by molar-refractivity contribution is 4.78. The summed E-state index contributed by atoms with van der Waals surface area (Å²) in [5, 5.41) is 0. The van der Waals surface area contributed by atoms with Crippen LogP contribution in [0.3, 0.4) is 0 Å². The van der Waals surface area contributed by atoms with E-state index in [1.165, 1.54) is 12.8 Å². The fourth-order valence-electron chi connectivity index (χ4n) is 2.00. The van der Waals surface area contributed by atoms with Crippen LogP contribution in [0.2, 0.25) is 0 Å². The maximum absolute atomic E-state index is 12.0. The van der Waals surface area contributed by atoms with Gasteiger partial charge in [-0.3, -0.25) is 0 Å². The summed E-state index contributed by atoms with van der Waals surface area (Å²) in [6.45, 7) is 4.17. The van der Waals surface area contributed by atoms with E-state index in [9.17, 15) is 13.2 Å². The fraction of sp³-hybridized carbons (Fsp3) is 1.00. The Morgan fingerprint density at radius 2 is 1.67 bits per heavy atom. The van der Waals surface area contributed by atoms with Crippen molar-refractivity contribution in [1.82, 2.24) is 0 Å². The molecule has 0 radical (unpaired) electrons. The zero-order valence-electron chi connectivity index (χ0n) is 9.61. The molecule has 2 unspecified atom stereocenters. The number of alkyl halides is 3. The van der Waals surface area contributed by atoms with E-state index < -0.39 is 12.6 Å². The molecular formula is C12H21F3. The zero-order valence-corrected chi connectivity index (χ0v) is 9.61. The molecule has 15 heavy (non-hydrogen) atoms. The lowest BCUT2D eigenvalue weighted by atomic mass is 9.92. The van der Waals surface area contributed by atoms with Crippen LogP contribution in [0.25, 0.3) is 0 Å².